The van der Waals surface area contributed by atoms with Crippen molar-refractivity contribution < 1.29 is 31.8 Å². The third kappa shape index (κ3) is 6.53. The van der Waals surface area contributed by atoms with Crippen LogP contribution in [-0.2, 0) is 29.3 Å². The van der Waals surface area contributed by atoms with Crippen molar-refractivity contribution in [1.82, 2.24) is 38.9 Å². The first kappa shape index (κ1) is 33.2. The number of alkyl halides is 2. The van der Waals surface area contributed by atoms with Crippen LogP contribution < -0.4 is 14.5 Å². The topological polar surface area (TPSA) is 113 Å². The van der Waals surface area contributed by atoms with Gasteiger partial charge in [0.2, 0.25) is 11.9 Å². The smallest absolute Gasteiger partial charge is 0.333 e. The Hall–Kier alpha value is -5.29. The lowest BCUT2D eigenvalue weighted by Crippen LogP contribution is -2.38. The van der Waals surface area contributed by atoms with Gasteiger partial charge in [-0.25, -0.2) is 18.4 Å². The summed E-state index contributed by atoms with van der Waals surface area (Å²) in [6, 6.07) is 10.0. The van der Waals surface area contributed by atoms with Gasteiger partial charge >= 0.3 is 6.55 Å². The molecule has 0 aliphatic carbocycles. The van der Waals surface area contributed by atoms with Gasteiger partial charge in [-0.1, -0.05) is 19.1 Å². The van der Waals surface area contributed by atoms with E-state index in [0.29, 0.717) is 83.4 Å². The van der Waals surface area contributed by atoms with Crippen LogP contribution in [0.3, 0.4) is 0 Å². The Bertz CT molecular complexity index is 2090. The Morgan fingerprint density at radius 2 is 1.76 bits per heavy atom. The zero-order valence-electron chi connectivity index (χ0n) is 27.3. The van der Waals surface area contributed by atoms with Gasteiger partial charge in [0.25, 0.3) is 0 Å². The first-order chi connectivity index (χ1) is 24.3. The summed E-state index contributed by atoms with van der Waals surface area (Å²) in [5, 5.41) is 8.43. The van der Waals surface area contributed by atoms with E-state index in [1.807, 2.05) is 41.0 Å². The van der Waals surface area contributed by atoms with Gasteiger partial charge in [0.05, 0.1) is 44.8 Å². The van der Waals surface area contributed by atoms with Gasteiger partial charge in [-0.05, 0) is 36.2 Å². The lowest BCUT2D eigenvalue weighted by Gasteiger charge is -2.29. The summed E-state index contributed by atoms with van der Waals surface area (Å²) in [5.41, 5.74) is 2.35. The molecule has 17 heteroatoms. The maximum atomic E-state index is 15.1. The first-order valence-corrected chi connectivity index (χ1v) is 16.0. The number of fused-ring (bicyclic) bond motifs is 2. The molecule has 1 fully saturated rings. The van der Waals surface area contributed by atoms with E-state index in [-0.39, 0.29) is 25.3 Å². The van der Waals surface area contributed by atoms with E-state index in [1.165, 1.54) is 29.2 Å². The van der Waals surface area contributed by atoms with Crippen molar-refractivity contribution in [1.29, 1.82) is 0 Å². The van der Waals surface area contributed by atoms with E-state index in [9.17, 15) is 13.2 Å². The summed E-state index contributed by atoms with van der Waals surface area (Å²) in [4.78, 5) is 18.3. The molecule has 0 N–H and O–H groups in total. The van der Waals surface area contributed by atoms with Crippen LogP contribution >= 0.6 is 0 Å². The van der Waals surface area contributed by atoms with E-state index in [1.54, 1.807) is 11.7 Å². The Labute approximate surface area is 283 Å². The van der Waals surface area contributed by atoms with Gasteiger partial charge in [0, 0.05) is 43.6 Å². The number of halogens is 4. The van der Waals surface area contributed by atoms with E-state index >= 15 is 4.39 Å². The van der Waals surface area contributed by atoms with Crippen molar-refractivity contribution in [3.8, 4) is 16.9 Å². The van der Waals surface area contributed by atoms with Gasteiger partial charge in [0.15, 0.2) is 17.3 Å². The quantitative estimate of drug-likeness (QED) is 0.114. The third-order valence-electron chi connectivity index (χ3n) is 8.35. The fraction of sp³-hybridized carbons (Fsp3) is 0.364. The van der Waals surface area contributed by atoms with Crippen molar-refractivity contribution >= 4 is 28.6 Å². The minimum absolute atomic E-state index is 0.0549. The molecule has 0 unspecified atom stereocenters. The second kappa shape index (κ2) is 14.3. The normalized spacial score (nSPS) is 13.6. The number of morpholine rings is 1. The standard InChI is InChI=1S/C33H34F4N10O3/c1-3-12-50-20-45-26-9-8-25(34)28(35)29(26)40-27(45)19-44(17-21-4-6-23(48-2)7-5-21)33-42-32(43-10-13-49-14-11-43)41-30-24(16-39-47(30)33)22-15-38-46(18-22)31(36)37/h4-9,15-16,18,31H,3,10-14,17,19-20H2,1-2H3. The number of aromatic nitrogens is 8. The molecule has 50 heavy (non-hydrogen) atoms. The molecular formula is C33H34F4N10O3. The Balaban J connectivity index is 1.40. The third-order valence-corrected chi connectivity index (χ3v) is 8.35. The van der Waals surface area contributed by atoms with Crippen LogP contribution in [0.1, 0.15) is 31.3 Å². The molecule has 13 nitrogen and oxygen atoms in total. The molecule has 1 aliphatic heterocycles. The largest absolute Gasteiger partial charge is 0.497 e. The SMILES string of the molecule is CCCOCn1c(CN(Cc2ccc(OC)cc2)c2nc(N3CCOCC3)nc3c(-c4cnn(C(F)F)c4)cnn23)nc2c(F)c(F)ccc21. The zero-order valence-corrected chi connectivity index (χ0v) is 27.3. The van der Waals surface area contributed by atoms with Gasteiger partial charge in [-0.2, -0.15) is 33.5 Å². The Morgan fingerprint density at radius 3 is 2.48 bits per heavy atom. The summed E-state index contributed by atoms with van der Waals surface area (Å²) in [5.74, 6) is -0.275. The van der Waals surface area contributed by atoms with Crippen molar-refractivity contribution in [2.75, 3.05) is 49.8 Å². The van der Waals surface area contributed by atoms with E-state index in [0.717, 1.165) is 18.1 Å². The van der Waals surface area contributed by atoms with Gasteiger partial charge in [0.1, 0.15) is 23.8 Å². The number of rotatable bonds is 13. The number of nitrogens with zero attached hydrogens (tertiary/aromatic N) is 10. The van der Waals surface area contributed by atoms with E-state index < -0.39 is 18.2 Å². The first-order valence-electron chi connectivity index (χ1n) is 16.0. The highest BCUT2D eigenvalue weighted by Gasteiger charge is 2.26. The highest BCUT2D eigenvalue weighted by Crippen LogP contribution is 2.31. The highest BCUT2D eigenvalue weighted by molar-refractivity contribution is 5.78. The van der Waals surface area contributed by atoms with Crippen molar-refractivity contribution in [3.05, 3.63) is 78.0 Å². The fourth-order valence-corrected chi connectivity index (χ4v) is 5.82. The average Bonchev–Trinajstić information content (AvgIpc) is 3.88. The number of hydrogen-bond acceptors (Lipinski definition) is 10. The molecule has 1 aliphatic rings. The zero-order chi connectivity index (χ0) is 34.8. The molecule has 6 aromatic rings. The monoisotopic (exact) mass is 694 g/mol. The summed E-state index contributed by atoms with van der Waals surface area (Å²) < 4.78 is 77.1. The molecule has 4 aromatic heterocycles. The van der Waals surface area contributed by atoms with Gasteiger partial charge < -0.3 is 28.6 Å². The maximum absolute atomic E-state index is 15.1. The highest BCUT2D eigenvalue weighted by atomic mass is 19.3. The van der Waals surface area contributed by atoms with Crippen LogP contribution in [0.4, 0.5) is 29.5 Å². The van der Waals surface area contributed by atoms with Gasteiger partial charge in [-0.15, -0.1) is 0 Å². The van der Waals surface area contributed by atoms with Crippen LogP contribution in [-0.4, -0.2) is 78.9 Å². The van der Waals surface area contributed by atoms with Crippen LogP contribution in [0, 0.1) is 11.6 Å². The Kier molecular flexibility index (Phi) is 9.49. The minimum Gasteiger partial charge on any atom is -0.497 e. The predicted molar refractivity (Wildman–Crippen MR) is 175 cm³/mol. The van der Waals surface area contributed by atoms with Gasteiger partial charge in [-0.3, -0.25) is 0 Å². The molecule has 0 bridgehead atoms. The van der Waals surface area contributed by atoms with Crippen molar-refractivity contribution in [2.45, 2.75) is 39.7 Å². The van der Waals surface area contributed by atoms with E-state index in [2.05, 4.69) is 15.2 Å². The molecule has 5 heterocycles. The van der Waals surface area contributed by atoms with E-state index in [4.69, 9.17) is 24.2 Å². The second-order valence-corrected chi connectivity index (χ2v) is 11.6. The molecule has 0 atom stereocenters. The number of hydrogen-bond donors (Lipinski definition) is 0. The number of methoxy groups -OCH3 is 1. The van der Waals surface area contributed by atoms with Crippen molar-refractivity contribution in [3.63, 3.8) is 0 Å². The molecule has 1 saturated heterocycles. The van der Waals surface area contributed by atoms with Crippen LogP contribution in [0.25, 0.3) is 27.8 Å². The molecule has 0 spiro atoms. The maximum Gasteiger partial charge on any atom is 0.333 e. The molecule has 0 radical (unpaired) electrons. The van der Waals surface area contributed by atoms with Crippen molar-refractivity contribution in [2.24, 2.45) is 0 Å². The van der Waals surface area contributed by atoms with Crippen LogP contribution in [0.5, 0.6) is 5.75 Å². The summed E-state index contributed by atoms with van der Waals surface area (Å²) in [6.07, 6.45) is 4.86. The molecule has 262 valence electrons. The summed E-state index contributed by atoms with van der Waals surface area (Å²) in [7, 11) is 1.58. The molecule has 2 aromatic carbocycles. The molecular weight excluding hydrogens is 660 g/mol. The summed E-state index contributed by atoms with van der Waals surface area (Å²) >= 11 is 0. The van der Waals surface area contributed by atoms with Crippen LogP contribution in [0.2, 0.25) is 0 Å². The average molecular weight is 695 g/mol. The Morgan fingerprint density at radius 1 is 0.960 bits per heavy atom. The molecule has 0 amide bonds. The lowest BCUT2D eigenvalue weighted by molar-refractivity contribution is 0.0566. The minimum atomic E-state index is -2.82. The molecule has 7 rings (SSSR count). The molecule has 0 saturated carbocycles. The number of benzene rings is 2. The lowest BCUT2D eigenvalue weighted by atomic mass is 10.2. The second-order valence-electron chi connectivity index (χ2n) is 11.6. The number of imidazole rings is 1. The fourth-order valence-electron chi connectivity index (χ4n) is 5.82. The number of ether oxygens (including phenoxy) is 3. The number of anilines is 2. The summed E-state index contributed by atoms with van der Waals surface area (Å²) in [6.45, 7) is 1.98. The van der Waals surface area contributed by atoms with Crippen LogP contribution in [0.15, 0.2) is 55.0 Å². The predicted octanol–water partition coefficient (Wildman–Crippen LogP) is 5.45.